The van der Waals surface area contributed by atoms with E-state index < -0.39 is 0 Å². The molecule has 0 aromatic carbocycles. The van der Waals surface area contributed by atoms with Gasteiger partial charge in [0.05, 0.1) is 12.3 Å². The Labute approximate surface area is 76.4 Å². The van der Waals surface area contributed by atoms with E-state index in [9.17, 15) is 9.50 Å². The zero-order valence-electron chi connectivity index (χ0n) is 7.28. The monoisotopic (exact) mass is 181 g/mol. The average molecular weight is 181 g/mol. The summed E-state index contributed by atoms with van der Waals surface area (Å²) in [5, 5.41) is 9.58. The summed E-state index contributed by atoms with van der Waals surface area (Å²) in [6, 6.07) is 1.46. The second kappa shape index (κ2) is 3.42. The van der Waals surface area contributed by atoms with Crippen molar-refractivity contribution < 1.29 is 9.50 Å². The van der Waals surface area contributed by atoms with E-state index in [0.29, 0.717) is 0 Å². The maximum atomic E-state index is 12.8. The zero-order chi connectivity index (χ0) is 9.26. The van der Waals surface area contributed by atoms with Crippen LogP contribution >= 0.6 is 0 Å². The number of hydrogen-bond acceptors (Lipinski definition) is 2. The summed E-state index contributed by atoms with van der Waals surface area (Å²) in [7, 11) is 0. The lowest BCUT2D eigenvalue weighted by molar-refractivity contribution is 0.163. The molecule has 1 N–H and O–H groups in total. The fraction of sp³-hybridized carbons (Fsp3) is 0.500. The first-order chi connectivity index (χ1) is 6.27. The first kappa shape index (κ1) is 8.63. The van der Waals surface area contributed by atoms with Gasteiger partial charge < -0.3 is 5.11 Å². The van der Waals surface area contributed by atoms with Crippen LogP contribution in [0.1, 0.15) is 30.7 Å². The largest absolute Gasteiger partial charge is 0.392 e. The number of hydrogen-bond donors (Lipinski definition) is 1. The van der Waals surface area contributed by atoms with Crippen LogP contribution < -0.4 is 0 Å². The van der Waals surface area contributed by atoms with Crippen molar-refractivity contribution in [3.63, 3.8) is 0 Å². The van der Waals surface area contributed by atoms with Gasteiger partial charge in [-0.1, -0.05) is 6.42 Å². The number of rotatable bonds is 1. The average Bonchev–Trinajstić information content (AvgIpc) is 2.51. The van der Waals surface area contributed by atoms with E-state index in [1.54, 1.807) is 6.20 Å². The van der Waals surface area contributed by atoms with Crippen LogP contribution in [0.25, 0.3) is 0 Å². The molecule has 1 fully saturated rings. The molecule has 1 heterocycles. The van der Waals surface area contributed by atoms with E-state index in [1.165, 1.54) is 12.3 Å². The summed E-state index contributed by atoms with van der Waals surface area (Å²) >= 11 is 0. The van der Waals surface area contributed by atoms with Crippen molar-refractivity contribution in [3.8, 4) is 0 Å². The van der Waals surface area contributed by atoms with Gasteiger partial charge >= 0.3 is 0 Å². The van der Waals surface area contributed by atoms with Gasteiger partial charge in [-0.2, -0.15) is 0 Å². The molecule has 2 unspecified atom stereocenters. The van der Waals surface area contributed by atoms with Gasteiger partial charge in [-0.05, 0) is 24.5 Å². The molecule has 1 aromatic heterocycles. The second-order valence-electron chi connectivity index (χ2n) is 3.54. The summed E-state index contributed by atoms with van der Waals surface area (Å²) in [6.45, 7) is 0. The molecule has 1 aromatic rings. The Balaban J connectivity index is 2.24. The minimum absolute atomic E-state index is 0.0863. The Hall–Kier alpha value is -0.960. The number of aromatic nitrogens is 1. The van der Waals surface area contributed by atoms with Crippen molar-refractivity contribution in [2.75, 3.05) is 0 Å². The summed E-state index contributed by atoms with van der Waals surface area (Å²) in [5.41, 5.74) is 0.824. The molecule has 2 atom stereocenters. The molecule has 13 heavy (non-hydrogen) atoms. The Bertz CT molecular complexity index is 303. The van der Waals surface area contributed by atoms with Crippen LogP contribution in [0.5, 0.6) is 0 Å². The van der Waals surface area contributed by atoms with Gasteiger partial charge in [0.1, 0.15) is 5.82 Å². The lowest BCUT2D eigenvalue weighted by Gasteiger charge is -2.13. The maximum Gasteiger partial charge on any atom is 0.141 e. The van der Waals surface area contributed by atoms with Crippen molar-refractivity contribution in [2.45, 2.75) is 31.3 Å². The molecule has 0 radical (unpaired) electrons. The van der Waals surface area contributed by atoms with Crippen LogP contribution in [-0.2, 0) is 0 Å². The van der Waals surface area contributed by atoms with Gasteiger partial charge in [0.15, 0.2) is 0 Å². The highest BCUT2D eigenvalue weighted by atomic mass is 19.1. The minimum atomic E-state index is -0.323. The number of aliphatic hydroxyl groups is 1. The molecule has 0 spiro atoms. The van der Waals surface area contributed by atoms with Crippen LogP contribution in [0.4, 0.5) is 4.39 Å². The molecule has 1 saturated carbocycles. The minimum Gasteiger partial charge on any atom is -0.392 e. The van der Waals surface area contributed by atoms with E-state index >= 15 is 0 Å². The number of aliphatic hydroxyl groups excluding tert-OH is 1. The molecule has 0 bridgehead atoms. The topological polar surface area (TPSA) is 33.1 Å². The lowest BCUT2D eigenvalue weighted by Crippen LogP contribution is -2.11. The Morgan fingerprint density at radius 3 is 2.85 bits per heavy atom. The molecule has 1 aliphatic rings. The summed E-state index contributed by atoms with van der Waals surface area (Å²) < 4.78 is 12.8. The summed E-state index contributed by atoms with van der Waals surface area (Å²) in [5.74, 6) is -0.236. The standard InChI is InChI=1S/C10H12FNO/c11-8-4-7(5-12-6-8)9-2-1-3-10(9)13/h4-6,9-10,13H,1-3H2. The van der Waals surface area contributed by atoms with Gasteiger partial charge in [-0.15, -0.1) is 0 Å². The molecule has 1 aliphatic carbocycles. The summed E-state index contributed by atoms with van der Waals surface area (Å²) in [6.07, 6.45) is 5.28. The number of nitrogens with zero attached hydrogens (tertiary/aromatic N) is 1. The highest BCUT2D eigenvalue weighted by Crippen LogP contribution is 2.34. The smallest absolute Gasteiger partial charge is 0.141 e. The van der Waals surface area contributed by atoms with Gasteiger partial charge in [-0.3, -0.25) is 4.98 Å². The molecule has 2 nitrogen and oxygen atoms in total. The molecular formula is C10H12FNO. The van der Waals surface area contributed by atoms with E-state index in [-0.39, 0.29) is 17.8 Å². The second-order valence-corrected chi connectivity index (χ2v) is 3.54. The third-order valence-electron chi connectivity index (χ3n) is 2.63. The molecule has 0 saturated heterocycles. The van der Waals surface area contributed by atoms with Crippen molar-refractivity contribution in [3.05, 3.63) is 29.8 Å². The Morgan fingerprint density at radius 2 is 2.23 bits per heavy atom. The van der Waals surface area contributed by atoms with E-state index in [4.69, 9.17) is 0 Å². The third-order valence-corrected chi connectivity index (χ3v) is 2.63. The fourth-order valence-corrected chi connectivity index (χ4v) is 1.96. The third kappa shape index (κ3) is 1.70. The molecule has 0 amide bonds. The number of pyridine rings is 1. The SMILES string of the molecule is OC1CCCC1c1cncc(F)c1. The van der Waals surface area contributed by atoms with Gasteiger partial charge in [0, 0.05) is 12.1 Å². The fourth-order valence-electron chi connectivity index (χ4n) is 1.96. The highest BCUT2D eigenvalue weighted by Gasteiger charge is 2.26. The van der Waals surface area contributed by atoms with Gasteiger partial charge in [0.25, 0.3) is 0 Å². The van der Waals surface area contributed by atoms with Crippen LogP contribution in [-0.4, -0.2) is 16.2 Å². The van der Waals surface area contributed by atoms with Gasteiger partial charge in [-0.25, -0.2) is 4.39 Å². The van der Waals surface area contributed by atoms with Crippen molar-refractivity contribution >= 4 is 0 Å². The molecule has 3 heteroatoms. The van der Waals surface area contributed by atoms with E-state index in [2.05, 4.69) is 4.98 Å². The highest BCUT2D eigenvalue weighted by molar-refractivity contribution is 5.18. The molecule has 0 aliphatic heterocycles. The molecule has 70 valence electrons. The first-order valence-corrected chi connectivity index (χ1v) is 4.56. The van der Waals surface area contributed by atoms with Gasteiger partial charge in [0.2, 0.25) is 0 Å². The number of halogens is 1. The normalized spacial score (nSPS) is 27.8. The first-order valence-electron chi connectivity index (χ1n) is 4.56. The van der Waals surface area contributed by atoms with Crippen molar-refractivity contribution in [1.29, 1.82) is 0 Å². The Kier molecular flexibility index (Phi) is 2.27. The van der Waals surface area contributed by atoms with Crippen molar-refractivity contribution in [1.82, 2.24) is 4.98 Å². The summed E-state index contributed by atoms with van der Waals surface area (Å²) in [4.78, 5) is 3.78. The molecule has 2 rings (SSSR count). The van der Waals surface area contributed by atoms with Crippen molar-refractivity contribution in [2.24, 2.45) is 0 Å². The maximum absolute atomic E-state index is 12.8. The zero-order valence-corrected chi connectivity index (χ0v) is 7.28. The van der Waals surface area contributed by atoms with Crippen LogP contribution in [0, 0.1) is 5.82 Å². The predicted octanol–water partition coefficient (Wildman–Crippen LogP) is 1.85. The molecular weight excluding hydrogens is 169 g/mol. The Morgan fingerprint density at radius 1 is 1.38 bits per heavy atom. The van der Waals surface area contributed by atoms with E-state index in [0.717, 1.165) is 24.8 Å². The van der Waals surface area contributed by atoms with Crippen LogP contribution in [0.2, 0.25) is 0 Å². The predicted molar refractivity (Wildman–Crippen MR) is 46.8 cm³/mol. The van der Waals surface area contributed by atoms with Crippen LogP contribution in [0.3, 0.4) is 0 Å². The van der Waals surface area contributed by atoms with E-state index in [1.807, 2.05) is 0 Å². The quantitative estimate of drug-likeness (QED) is 0.717. The van der Waals surface area contributed by atoms with Crippen LogP contribution in [0.15, 0.2) is 18.5 Å². The lowest BCUT2D eigenvalue weighted by atomic mass is 9.97.